The second-order valence-corrected chi connectivity index (χ2v) is 5.88. The molecule has 2 unspecified atom stereocenters. The van der Waals surface area contributed by atoms with E-state index in [4.69, 9.17) is 14.6 Å². The van der Waals surface area contributed by atoms with Crippen LogP contribution in [0.3, 0.4) is 0 Å². The lowest BCUT2D eigenvalue weighted by Gasteiger charge is -2.25. The van der Waals surface area contributed by atoms with Gasteiger partial charge < -0.3 is 19.5 Å². The van der Waals surface area contributed by atoms with E-state index in [0.717, 1.165) is 0 Å². The van der Waals surface area contributed by atoms with E-state index >= 15 is 0 Å². The Labute approximate surface area is 127 Å². The van der Waals surface area contributed by atoms with Crippen LogP contribution in [0.4, 0.5) is 0 Å². The highest BCUT2D eigenvalue weighted by molar-refractivity contribution is 8.00. The van der Waals surface area contributed by atoms with Crippen LogP contribution in [0.5, 0.6) is 11.5 Å². The van der Waals surface area contributed by atoms with Crippen molar-refractivity contribution in [1.29, 1.82) is 0 Å². The number of para-hydroxylation sites is 2. The Balaban J connectivity index is 2.02. The van der Waals surface area contributed by atoms with Gasteiger partial charge in [0.2, 0.25) is 0 Å². The smallest absolute Gasteiger partial charge is 0.327 e. The molecule has 114 valence electrons. The van der Waals surface area contributed by atoms with Crippen LogP contribution in [0.25, 0.3) is 0 Å². The van der Waals surface area contributed by atoms with Crippen LogP contribution in [0.15, 0.2) is 24.3 Å². The van der Waals surface area contributed by atoms with Crippen LogP contribution in [-0.2, 0) is 9.59 Å². The summed E-state index contributed by atoms with van der Waals surface area (Å²) in [5.74, 6) is 0.0589. The number of carboxylic acids is 1. The molecule has 1 fully saturated rings. The standard InChI is InChI=1S/C14H17NO5S/c1-9-15(10(8-21-9)14(17)18)13(16)7-20-12-6-4-3-5-11(12)19-2/h3-6,9-10H,7-8H2,1-2H3,(H,17,18). The summed E-state index contributed by atoms with van der Waals surface area (Å²) in [7, 11) is 1.52. The lowest BCUT2D eigenvalue weighted by Crippen LogP contribution is -2.46. The van der Waals surface area contributed by atoms with E-state index in [2.05, 4.69) is 0 Å². The summed E-state index contributed by atoms with van der Waals surface area (Å²) >= 11 is 1.44. The minimum absolute atomic E-state index is 0.167. The van der Waals surface area contributed by atoms with Crippen molar-refractivity contribution in [1.82, 2.24) is 4.90 Å². The van der Waals surface area contributed by atoms with Crippen LogP contribution in [0, 0.1) is 0 Å². The largest absolute Gasteiger partial charge is 0.493 e. The van der Waals surface area contributed by atoms with Crippen molar-refractivity contribution in [3.05, 3.63) is 24.3 Å². The van der Waals surface area contributed by atoms with Crippen LogP contribution in [-0.4, -0.2) is 52.8 Å². The van der Waals surface area contributed by atoms with Crippen LogP contribution >= 0.6 is 11.8 Å². The molecule has 1 aliphatic heterocycles. The third-order valence-corrected chi connectivity index (χ3v) is 4.43. The van der Waals surface area contributed by atoms with Gasteiger partial charge >= 0.3 is 5.97 Å². The number of carbonyl (C=O) groups excluding carboxylic acids is 1. The number of hydrogen-bond donors (Lipinski definition) is 1. The van der Waals surface area contributed by atoms with Gasteiger partial charge in [-0.3, -0.25) is 4.79 Å². The zero-order valence-corrected chi connectivity index (χ0v) is 12.6. The fourth-order valence-electron chi connectivity index (χ4n) is 2.16. The molecule has 2 atom stereocenters. The molecule has 0 aromatic heterocycles. The number of amides is 1. The van der Waals surface area contributed by atoms with Crippen molar-refractivity contribution in [2.24, 2.45) is 0 Å². The molecule has 0 radical (unpaired) electrons. The van der Waals surface area contributed by atoms with E-state index < -0.39 is 12.0 Å². The molecule has 2 rings (SSSR count). The Kier molecular flexibility index (Phi) is 4.95. The zero-order valence-electron chi connectivity index (χ0n) is 11.8. The maximum absolute atomic E-state index is 12.2. The van der Waals surface area contributed by atoms with Crippen molar-refractivity contribution in [2.75, 3.05) is 19.5 Å². The molecule has 1 aromatic carbocycles. The Bertz CT molecular complexity index is 536. The van der Waals surface area contributed by atoms with Gasteiger partial charge in [0.15, 0.2) is 18.1 Å². The predicted octanol–water partition coefficient (Wildman–Crippen LogP) is 1.45. The lowest BCUT2D eigenvalue weighted by atomic mass is 10.3. The normalized spacial score (nSPS) is 21.1. The van der Waals surface area contributed by atoms with Crippen LogP contribution in [0.2, 0.25) is 0 Å². The summed E-state index contributed by atoms with van der Waals surface area (Å²) in [4.78, 5) is 24.8. The molecule has 1 heterocycles. The van der Waals surface area contributed by atoms with E-state index in [0.29, 0.717) is 17.3 Å². The van der Waals surface area contributed by atoms with Gasteiger partial charge in [-0.05, 0) is 19.1 Å². The van der Waals surface area contributed by atoms with E-state index in [-0.39, 0.29) is 17.9 Å². The van der Waals surface area contributed by atoms with Crippen molar-refractivity contribution >= 4 is 23.6 Å². The molecule has 7 heteroatoms. The highest BCUT2D eigenvalue weighted by Crippen LogP contribution is 2.30. The predicted molar refractivity (Wildman–Crippen MR) is 78.7 cm³/mol. The summed E-state index contributed by atoms with van der Waals surface area (Å²) in [6, 6.07) is 6.21. The number of thioether (sulfide) groups is 1. The number of benzene rings is 1. The SMILES string of the molecule is COc1ccccc1OCC(=O)N1C(C)SCC1C(=O)O. The summed E-state index contributed by atoms with van der Waals surface area (Å²) < 4.78 is 10.6. The molecule has 0 spiro atoms. The van der Waals surface area contributed by atoms with Crippen LogP contribution < -0.4 is 9.47 Å². The number of carbonyl (C=O) groups is 2. The van der Waals surface area contributed by atoms with Gasteiger partial charge in [-0.25, -0.2) is 4.79 Å². The monoisotopic (exact) mass is 311 g/mol. The van der Waals surface area contributed by atoms with Crippen molar-refractivity contribution in [2.45, 2.75) is 18.3 Å². The average Bonchev–Trinajstić information content (AvgIpc) is 2.87. The highest BCUT2D eigenvalue weighted by Gasteiger charge is 2.39. The molecule has 1 aliphatic rings. The number of methoxy groups -OCH3 is 1. The molecular weight excluding hydrogens is 294 g/mol. The van der Waals surface area contributed by atoms with E-state index in [9.17, 15) is 9.59 Å². The van der Waals surface area contributed by atoms with E-state index in [1.54, 1.807) is 24.3 Å². The number of aliphatic carboxylic acids is 1. The van der Waals surface area contributed by atoms with Gasteiger partial charge in [0.1, 0.15) is 6.04 Å². The third-order valence-electron chi connectivity index (χ3n) is 3.22. The quantitative estimate of drug-likeness (QED) is 0.887. The molecule has 1 aromatic rings. The maximum atomic E-state index is 12.2. The first kappa shape index (κ1) is 15.5. The molecule has 1 N–H and O–H groups in total. The summed E-state index contributed by atoms with van der Waals surface area (Å²) in [5.41, 5.74) is 0. The number of hydrogen-bond acceptors (Lipinski definition) is 5. The second-order valence-electron chi connectivity index (χ2n) is 4.53. The maximum Gasteiger partial charge on any atom is 0.327 e. The molecule has 0 aliphatic carbocycles. The molecule has 0 saturated carbocycles. The molecule has 0 bridgehead atoms. The third kappa shape index (κ3) is 3.41. The first-order chi connectivity index (χ1) is 10.0. The zero-order chi connectivity index (χ0) is 15.4. The van der Waals surface area contributed by atoms with Gasteiger partial charge in [0.05, 0.1) is 12.5 Å². The molecular formula is C14H17NO5S. The molecule has 1 saturated heterocycles. The van der Waals surface area contributed by atoms with Crippen molar-refractivity contribution in [3.8, 4) is 11.5 Å². The fourth-order valence-corrected chi connectivity index (χ4v) is 3.35. The minimum Gasteiger partial charge on any atom is -0.493 e. The molecule has 21 heavy (non-hydrogen) atoms. The first-order valence-corrected chi connectivity index (χ1v) is 7.51. The van der Waals surface area contributed by atoms with Gasteiger partial charge in [-0.2, -0.15) is 0 Å². The van der Waals surface area contributed by atoms with Gasteiger partial charge in [-0.1, -0.05) is 12.1 Å². The Morgan fingerprint density at radius 1 is 1.38 bits per heavy atom. The Morgan fingerprint density at radius 3 is 2.67 bits per heavy atom. The number of ether oxygens (including phenoxy) is 2. The molecule has 1 amide bonds. The van der Waals surface area contributed by atoms with Gasteiger partial charge in [-0.15, -0.1) is 11.8 Å². The fraction of sp³-hybridized carbons (Fsp3) is 0.429. The van der Waals surface area contributed by atoms with Gasteiger partial charge in [0, 0.05) is 5.75 Å². The topological polar surface area (TPSA) is 76.1 Å². The van der Waals surface area contributed by atoms with Crippen molar-refractivity contribution < 1.29 is 24.2 Å². The highest BCUT2D eigenvalue weighted by atomic mass is 32.2. The number of nitrogens with zero attached hydrogens (tertiary/aromatic N) is 1. The minimum atomic E-state index is -0.988. The first-order valence-electron chi connectivity index (χ1n) is 6.46. The summed E-state index contributed by atoms with van der Waals surface area (Å²) in [6.07, 6.45) is 0. The van der Waals surface area contributed by atoms with Gasteiger partial charge in [0.25, 0.3) is 5.91 Å². The second kappa shape index (κ2) is 6.71. The Morgan fingerprint density at radius 2 is 2.05 bits per heavy atom. The number of carboxylic acid groups (broad SMARTS) is 1. The summed E-state index contributed by atoms with van der Waals surface area (Å²) in [5, 5.41) is 8.98. The lowest BCUT2D eigenvalue weighted by molar-refractivity contribution is -0.149. The Hall–Kier alpha value is -1.89. The molecule has 6 nitrogen and oxygen atoms in total. The van der Waals surface area contributed by atoms with Crippen LogP contribution in [0.1, 0.15) is 6.92 Å². The van der Waals surface area contributed by atoms with E-state index in [1.807, 2.05) is 6.92 Å². The summed E-state index contributed by atoms with van der Waals surface area (Å²) in [6.45, 7) is 1.60. The number of rotatable bonds is 5. The average molecular weight is 311 g/mol. The van der Waals surface area contributed by atoms with E-state index in [1.165, 1.54) is 23.8 Å². The van der Waals surface area contributed by atoms with Crippen molar-refractivity contribution in [3.63, 3.8) is 0 Å².